The van der Waals surface area contributed by atoms with Gasteiger partial charge < -0.3 is 20.4 Å². The number of aliphatic hydroxyl groups is 1. The quantitative estimate of drug-likeness (QED) is 0.637. The number of urea groups is 1. The summed E-state index contributed by atoms with van der Waals surface area (Å²) in [4.78, 5) is 23.9. The third kappa shape index (κ3) is 5.53. The van der Waals surface area contributed by atoms with Crippen LogP contribution in [0.25, 0.3) is 0 Å². The summed E-state index contributed by atoms with van der Waals surface area (Å²) in [6.07, 6.45) is 0.377. The molecule has 0 aromatic rings. The topological polar surface area (TPSA) is 89.9 Å². The van der Waals surface area contributed by atoms with E-state index in [0.29, 0.717) is 6.42 Å². The molecule has 0 aliphatic rings. The highest BCUT2D eigenvalue weighted by Gasteiger charge is 2.24. The number of carbonyl (C=O) groups excluding carboxylic acids is 1. The van der Waals surface area contributed by atoms with Gasteiger partial charge in [-0.3, -0.25) is 0 Å². The average molecular weight is 246 g/mol. The Morgan fingerprint density at radius 3 is 2.18 bits per heavy atom. The van der Waals surface area contributed by atoms with Crippen LogP contribution >= 0.6 is 0 Å². The Bertz CT molecular complexity index is 268. The van der Waals surface area contributed by atoms with E-state index in [-0.39, 0.29) is 18.6 Å². The number of rotatable bonds is 6. The Morgan fingerprint density at radius 2 is 1.82 bits per heavy atom. The van der Waals surface area contributed by atoms with E-state index in [1.807, 2.05) is 13.8 Å². The van der Waals surface area contributed by atoms with Crippen LogP contribution in [0, 0.1) is 5.92 Å². The summed E-state index contributed by atoms with van der Waals surface area (Å²) in [7, 11) is 1.52. The van der Waals surface area contributed by atoms with Crippen LogP contribution in [0.1, 0.15) is 27.2 Å². The lowest BCUT2D eigenvalue weighted by Gasteiger charge is -2.26. The van der Waals surface area contributed by atoms with Gasteiger partial charge >= 0.3 is 12.0 Å². The monoisotopic (exact) mass is 246 g/mol. The highest BCUT2D eigenvalue weighted by Crippen LogP contribution is 2.06. The van der Waals surface area contributed by atoms with Gasteiger partial charge in [-0.25, -0.2) is 9.59 Å². The Morgan fingerprint density at radius 1 is 1.29 bits per heavy atom. The fraction of sp³-hybridized carbons (Fsp3) is 0.818. The number of aliphatic carboxylic acids is 1. The highest BCUT2D eigenvalue weighted by atomic mass is 16.4. The van der Waals surface area contributed by atoms with Crippen molar-refractivity contribution in [3.05, 3.63) is 0 Å². The fourth-order valence-electron chi connectivity index (χ4n) is 1.27. The molecule has 0 radical (unpaired) electrons. The summed E-state index contributed by atoms with van der Waals surface area (Å²) in [5.74, 6) is -0.867. The molecule has 100 valence electrons. The van der Waals surface area contributed by atoms with Gasteiger partial charge in [-0.1, -0.05) is 13.8 Å². The predicted octanol–water partition coefficient (Wildman–Crippen LogP) is 0.508. The van der Waals surface area contributed by atoms with Gasteiger partial charge in [-0.05, 0) is 19.3 Å². The van der Waals surface area contributed by atoms with Gasteiger partial charge in [0, 0.05) is 7.05 Å². The maximum Gasteiger partial charge on any atom is 0.326 e. The van der Waals surface area contributed by atoms with Gasteiger partial charge in [-0.15, -0.1) is 0 Å². The molecule has 0 saturated carbocycles. The first-order chi connectivity index (χ1) is 7.79. The SMILES string of the molecule is CC(C)C[C@@H](NC(=O)N(C)C(C)CO)C(=O)O. The van der Waals surface area contributed by atoms with Crippen molar-refractivity contribution in [3.63, 3.8) is 0 Å². The van der Waals surface area contributed by atoms with E-state index in [1.165, 1.54) is 11.9 Å². The molecule has 6 heteroatoms. The van der Waals surface area contributed by atoms with E-state index in [4.69, 9.17) is 10.2 Å². The predicted molar refractivity (Wildman–Crippen MR) is 63.7 cm³/mol. The minimum Gasteiger partial charge on any atom is -0.480 e. The van der Waals surface area contributed by atoms with E-state index in [0.717, 1.165) is 0 Å². The molecule has 0 saturated heterocycles. The third-order valence-electron chi connectivity index (χ3n) is 2.55. The molecular formula is C11H22N2O4. The zero-order valence-electron chi connectivity index (χ0n) is 10.8. The van der Waals surface area contributed by atoms with Gasteiger partial charge in [0.05, 0.1) is 12.6 Å². The van der Waals surface area contributed by atoms with E-state index in [9.17, 15) is 9.59 Å². The Kier molecular flexibility index (Phi) is 6.57. The first kappa shape index (κ1) is 15.7. The molecule has 0 aliphatic carbocycles. The number of carboxylic acid groups (broad SMARTS) is 1. The van der Waals surface area contributed by atoms with E-state index < -0.39 is 18.0 Å². The number of likely N-dealkylation sites (N-methyl/N-ethyl adjacent to an activating group) is 1. The summed E-state index contributed by atoms with van der Waals surface area (Å²) in [5, 5.41) is 20.3. The Balaban J connectivity index is 4.45. The molecule has 0 aromatic carbocycles. The van der Waals surface area contributed by atoms with Crippen molar-refractivity contribution in [2.24, 2.45) is 5.92 Å². The minimum absolute atomic E-state index is 0.161. The number of nitrogens with zero attached hydrogens (tertiary/aromatic N) is 1. The van der Waals surface area contributed by atoms with Crippen molar-refractivity contribution in [1.29, 1.82) is 0 Å². The van der Waals surface area contributed by atoms with Crippen LogP contribution in [0.5, 0.6) is 0 Å². The lowest BCUT2D eigenvalue weighted by atomic mass is 10.0. The number of nitrogens with one attached hydrogen (secondary N) is 1. The van der Waals surface area contributed by atoms with Crippen molar-refractivity contribution < 1.29 is 19.8 Å². The van der Waals surface area contributed by atoms with Gasteiger partial charge in [0.2, 0.25) is 0 Å². The smallest absolute Gasteiger partial charge is 0.326 e. The van der Waals surface area contributed by atoms with Crippen molar-refractivity contribution in [3.8, 4) is 0 Å². The standard InChI is InChI=1S/C11H22N2O4/c1-7(2)5-9(10(15)16)12-11(17)13(4)8(3)6-14/h7-9,14H,5-6H2,1-4H3,(H,12,17)(H,15,16)/t8?,9-/m1/s1. The molecule has 0 bridgehead atoms. The van der Waals surface area contributed by atoms with Crippen LogP contribution in [0.4, 0.5) is 4.79 Å². The van der Waals surface area contributed by atoms with Crippen molar-refractivity contribution >= 4 is 12.0 Å². The Hall–Kier alpha value is -1.30. The fourth-order valence-corrected chi connectivity index (χ4v) is 1.27. The number of hydrogen-bond acceptors (Lipinski definition) is 3. The molecule has 2 atom stereocenters. The van der Waals surface area contributed by atoms with Crippen LogP contribution in [0.3, 0.4) is 0 Å². The molecule has 0 fully saturated rings. The van der Waals surface area contributed by atoms with Crippen LogP contribution in [0.15, 0.2) is 0 Å². The summed E-state index contributed by atoms with van der Waals surface area (Å²) in [6, 6.07) is -1.72. The lowest BCUT2D eigenvalue weighted by molar-refractivity contribution is -0.139. The molecule has 0 aromatic heterocycles. The van der Waals surface area contributed by atoms with Crippen molar-refractivity contribution in [2.75, 3.05) is 13.7 Å². The molecule has 0 heterocycles. The van der Waals surface area contributed by atoms with Crippen LogP contribution in [-0.2, 0) is 4.79 Å². The third-order valence-corrected chi connectivity index (χ3v) is 2.55. The van der Waals surface area contributed by atoms with Crippen LogP contribution in [-0.4, -0.2) is 52.9 Å². The molecule has 3 N–H and O–H groups in total. The van der Waals surface area contributed by atoms with Crippen LogP contribution in [0.2, 0.25) is 0 Å². The molecule has 17 heavy (non-hydrogen) atoms. The lowest BCUT2D eigenvalue weighted by Crippen LogP contribution is -2.50. The second kappa shape index (κ2) is 7.11. The molecule has 0 rings (SSSR count). The van der Waals surface area contributed by atoms with Gasteiger partial charge in [0.25, 0.3) is 0 Å². The average Bonchev–Trinajstić information content (AvgIpc) is 2.25. The number of hydrogen-bond donors (Lipinski definition) is 3. The second-order valence-electron chi connectivity index (χ2n) is 4.61. The highest BCUT2D eigenvalue weighted by molar-refractivity contribution is 5.82. The number of amides is 2. The van der Waals surface area contributed by atoms with Crippen molar-refractivity contribution in [1.82, 2.24) is 10.2 Å². The van der Waals surface area contributed by atoms with Gasteiger partial charge in [0.1, 0.15) is 6.04 Å². The summed E-state index contributed by atoms with van der Waals surface area (Å²) in [5.41, 5.74) is 0. The minimum atomic E-state index is -1.04. The first-order valence-corrected chi connectivity index (χ1v) is 5.66. The molecule has 0 spiro atoms. The molecular weight excluding hydrogens is 224 g/mol. The summed E-state index contributed by atoms with van der Waals surface area (Å²) < 4.78 is 0. The van der Waals surface area contributed by atoms with Crippen molar-refractivity contribution in [2.45, 2.75) is 39.3 Å². The number of carboxylic acids is 1. The number of aliphatic hydroxyl groups excluding tert-OH is 1. The van der Waals surface area contributed by atoms with Gasteiger partial charge in [-0.2, -0.15) is 0 Å². The molecule has 2 amide bonds. The summed E-state index contributed by atoms with van der Waals surface area (Å²) in [6.45, 7) is 5.30. The zero-order chi connectivity index (χ0) is 13.6. The maximum absolute atomic E-state index is 11.7. The summed E-state index contributed by atoms with van der Waals surface area (Å²) >= 11 is 0. The Labute approximate surface area is 102 Å². The van der Waals surface area contributed by atoms with Gasteiger partial charge in [0.15, 0.2) is 0 Å². The second-order valence-corrected chi connectivity index (χ2v) is 4.61. The van der Waals surface area contributed by atoms with E-state index in [2.05, 4.69) is 5.32 Å². The zero-order valence-corrected chi connectivity index (χ0v) is 10.8. The van der Waals surface area contributed by atoms with E-state index in [1.54, 1.807) is 6.92 Å². The normalized spacial score (nSPS) is 14.2. The molecule has 1 unspecified atom stereocenters. The van der Waals surface area contributed by atoms with Crippen LogP contribution < -0.4 is 5.32 Å². The molecule has 6 nitrogen and oxygen atoms in total. The largest absolute Gasteiger partial charge is 0.480 e. The first-order valence-electron chi connectivity index (χ1n) is 5.66. The maximum atomic E-state index is 11.7. The molecule has 0 aliphatic heterocycles. The van der Waals surface area contributed by atoms with E-state index >= 15 is 0 Å². The number of carbonyl (C=O) groups is 2.